The minimum Gasteiger partial charge on any atom is -0.361 e. The molecule has 3 aromatic carbocycles. The number of carbonyl (C=O) groups excluding carboxylic acids is 3. The second-order valence-electron chi connectivity index (χ2n) is 8.76. The van der Waals surface area contributed by atoms with Crippen LogP contribution in [-0.4, -0.2) is 40.2 Å². The fraction of sp³-hybridized carbons (Fsp3) is 0.179. The van der Waals surface area contributed by atoms with Gasteiger partial charge in [0.2, 0.25) is 11.8 Å². The van der Waals surface area contributed by atoms with E-state index < -0.39 is 6.04 Å². The van der Waals surface area contributed by atoms with Crippen molar-refractivity contribution in [3.05, 3.63) is 98.7 Å². The maximum absolute atomic E-state index is 13.5. The molecule has 1 aliphatic heterocycles. The molecule has 1 atom stereocenters. The van der Waals surface area contributed by atoms with Crippen molar-refractivity contribution in [1.82, 2.24) is 9.88 Å². The Morgan fingerprint density at radius 2 is 1.75 bits per heavy atom. The van der Waals surface area contributed by atoms with Crippen LogP contribution >= 0.6 is 34.2 Å². The lowest BCUT2D eigenvalue weighted by Crippen LogP contribution is -2.47. The lowest BCUT2D eigenvalue weighted by atomic mass is 10.1. The van der Waals surface area contributed by atoms with Crippen molar-refractivity contribution in [2.24, 2.45) is 0 Å². The molecule has 1 fully saturated rings. The van der Waals surface area contributed by atoms with Gasteiger partial charge in [0.05, 0.1) is 18.5 Å². The van der Waals surface area contributed by atoms with E-state index in [1.54, 1.807) is 41.3 Å². The van der Waals surface area contributed by atoms with Crippen molar-refractivity contribution >= 4 is 68.5 Å². The van der Waals surface area contributed by atoms with E-state index >= 15 is 0 Å². The summed E-state index contributed by atoms with van der Waals surface area (Å²) in [6.07, 6.45) is 2.57. The van der Waals surface area contributed by atoms with E-state index in [0.717, 1.165) is 25.6 Å². The van der Waals surface area contributed by atoms with Crippen LogP contribution in [-0.2, 0) is 27.2 Å². The Kier molecular flexibility index (Phi) is 7.11. The van der Waals surface area contributed by atoms with Crippen LogP contribution in [0.2, 0.25) is 5.02 Å². The molecule has 182 valence electrons. The highest BCUT2D eigenvalue weighted by Gasteiger charge is 2.44. The molecule has 2 heterocycles. The Balaban J connectivity index is 1.42. The van der Waals surface area contributed by atoms with Crippen LogP contribution in [0.5, 0.6) is 0 Å². The number of amides is 3. The predicted molar refractivity (Wildman–Crippen MR) is 149 cm³/mol. The first-order valence-corrected chi connectivity index (χ1v) is 13.1. The molecule has 1 aliphatic rings. The number of nitrogens with one attached hydrogen (secondary N) is 1. The largest absolute Gasteiger partial charge is 0.361 e. The predicted octanol–water partition coefficient (Wildman–Crippen LogP) is 5.37. The summed E-state index contributed by atoms with van der Waals surface area (Å²) in [6, 6.07) is 21.4. The summed E-state index contributed by atoms with van der Waals surface area (Å²) in [5, 5.41) is 1.67. The summed E-state index contributed by atoms with van der Waals surface area (Å²) in [6.45, 7) is 0.318. The molecular formula is C28H23ClIN3O3. The lowest BCUT2D eigenvalue weighted by Gasteiger charge is -2.28. The van der Waals surface area contributed by atoms with Gasteiger partial charge < -0.3 is 9.88 Å². The van der Waals surface area contributed by atoms with Crippen LogP contribution in [0.3, 0.4) is 0 Å². The highest BCUT2D eigenvalue weighted by atomic mass is 127. The van der Waals surface area contributed by atoms with Gasteiger partial charge in [-0.25, -0.2) is 4.90 Å². The second kappa shape index (κ2) is 10.4. The van der Waals surface area contributed by atoms with E-state index in [4.69, 9.17) is 11.6 Å². The van der Waals surface area contributed by atoms with Crippen molar-refractivity contribution in [3.63, 3.8) is 0 Å². The van der Waals surface area contributed by atoms with Gasteiger partial charge in [-0.05, 0) is 82.6 Å². The number of imide groups is 1. The third kappa shape index (κ3) is 5.03. The molecule has 1 aromatic heterocycles. The molecule has 8 heteroatoms. The second-order valence-corrected chi connectivity index (χ2v) is 10.4. The monoisotopic (exact) mass is 611 g/mol. The molecule has 0 radical (unpaired) electrons. The number of aromatic amines is 1. The number of rotatable bonds is 7. The first-order chi connectivity index (χ1) is 17.4. The van der Waals surface area contributed by atoms with Crippen LogP contribution in [0, 0.1) is 3.57 Å². The van der Waals surface area contributed by atoms with Gasteiger partial charge >= 0.3 is 0 Å². The molecule has 0 aliphatic carbocycles. The fourth-order valence-corrected chi connectivity index (χ4v) is 5.12. The third-order valence-electron chi connectivity index (χ3n) is 6.47. The lowest BCUT2D eigenvalue weighted by molar-refractivity contribution is -0.137. The van der Waals surface area contributed by atoms with Crippen molar-refractivity contribution in [2.75, 3.05) is 11.4 Å². The molecule has 1 unspecified atom stereocenters. The van der Waals surface area contributed by atoms with Crippen LogP contribution in [0.15, 0.2) is 79.0 Å². The van der Waals surface area contributed by atoms with E-state index in [0.29, 0.717) is 23.7 Å². The zero-order valence-electron chi connectivity index (χ0n) is 19.3. The molecule has 36 heavy (non-hydrogen) atoms. The minimum atomic E-state index is -0.846. The smallest absolute Gasteiger partial charge is 0.257 e. The van der Waals surface area contributed by atoms with Gasteiger partial charge in [0.1, 0.15) is 6.04 Å². The van der Waals surface area contributed by atoms with Gasteiger partial charge in [0.15, 0.2) is 0 Å². The Labute approximate surface area is 227 Å². The number of halogens is 2. The van der Waals surface area contributed by atoms with E-state index in [2.05, 4.69) is 27.6 Å². The molecule has 1 N–H and O–H groups in total. The van der Waals surface area contributed by atoms with Gasteiger partial charge in [0, 0.05) is 32.2 Å². The Bertz CT molecular complexity index is 1430. The van der Waals surface area contributed by atoms with E-state index in [9.17, 15) is 14.4 Å². The van der Waals surface area contributed by atoms with Gasteiger partial charge in [-0.2, -0.15) is 0 Å². The zero-order valence-corrected chi connectivity index (χ0v) is 22.2. The summed E-state index contributed by atoms with van der Waals surface area (Å²) < 4.78 is 1.01. The summed E-state index contributed by atoms with van der Waals surface area (Å²) in [7, 11) is 0. The SMILES string of the molecule is O=C1CC(N(CCc2c[nH]c3ccccc23)C(=O)Cc2ccc(Cl)cc2)C(=O)N1c1ccc(I)cc1. The van der Waals surface area contributed by atoms with Crippen LogP contribution in [0.25, 0.3) is 10.9 Å². The quantitative estimate of drug-likeness (QED) is 0.226. The Morgan fingerprint density at radius 3 is 2.50 bits per heavy atom. The van der Waals surface area contributed by atoms with Crippen LogP contribution in [0.4, 0.5) is 5.69 Å². The summed E-state index contributed by atoms with van der Waals surface area (Å²) >= 11 is 8.18. The number of hydrogen-bond donors (Lipinski definition) is 1. The van der Waals surface area contributed by atoms with Crippen LogP contribution < -0.4 is 4.90 Å². The highest BCUT2D eigenvalue weighted by molar-refractivity contribution is 14.1. The molecular weight excluding hydrogens is 589 g/mol. The molecule has 1 saturated heterocycles. The number of nitrogens with zero attached hydrogens (tertiary/aromatic N) is 2. The standard InChI is InChI=1S/C28H23ClIN3O3/c29-20-7-5-18(6-8-20)15-26(34)32(14-13-19-17-31-24-4-2-1-3-23(19)24)25-16-27(35)33(28(25)36)22-11-9-21(30)10-12-22/h1-12,17,25,31H,13-16H2. The van der Waals surface area contributed by atoms with Crippen molar-refractivity contribution < 1.29 is 14.4 Å². The first-order valence-electron chi connectivity index (χ1n) is 11.6. The summed E-state index contributed by atoms with van der Waals surface area (Å²) in [5.74, 6) is -0.875. The minimum absolute atomic E-state index is 0.0366. The third-order valence-corrected chi connectivity index (χ3v) is 7.44. The number of anilines is 1. The number of carbonyl (C=O) groups is 3. The van der Waals surface area contributed by atoms with E-state index in [-0.39, 0.29) is 30.6 Å². The van der Waals surface area contributed by atoms with Crippen molar-refractivity contribution in [3.8, 4) is 0 Å². The first kappa shape index (κ1) is 24.5. The zero-order chi connectivity index (χ0) is 25.2. The number of benzene rings is 3. The summed E-state index contributed by atoms with van der Waals surface area (Å²) in [4.78, 5) is 46.0. The maximum Gasteiger partial charge on any atom is 0.257 e. The highest BCUT2D eigenvalue weighted by Crippen LogP contribution is 2.28. The van der Waals surface area contributed by atoms with Crippen molar-refractivity contribution in [1.29, 1.82) is 0 Å². The normalized spacial score (nSPS) is 15.6. The van der Waals surface area contributed by atoms with Gasteiger partial charge in [-0.1, -0.05) is 41.9 Å². The fourth-order valence-electron chi connectivity index (χ4n) is 4.63. The number of H-pyrrole nitrogens is 1. The van der Waals surface area contributed by atoms with E-state index in [1.807, 2.05) is 42.6 Å². The number of aromatic nitrogens is 1. The molecule has 5 rings (SSSR count). The Hall–Kier alpha value is -3.17. The molecule has 0 bridgehead atoms. The summed E-state index contributed by atoms with van der Waals surface area (Å²) in [5.41, 5.74) is 3.40. The molecule has 6 nitrogen and oxygen atoms in total. The molecule has 3 amide bonds. The number of hydrogen-bond acceptors (Lipinski definition) is 3. The van der Waals surface area contributed by atoms with Crippen LogP contribution in [0.1, 0.15) is 17.5 Å². The Morgan fingerprint density at radius 1 is 1.03 bits per heavy atom. The van der Waals surface area contributed by atoms with Gasteiger partial charge in [-0.15, -0.1) is 0 Å². The number of para-hydroxylation sites is 1. The van der Waals surface area contributed by atoms with Gasteiger partial charge in [-0.3, -0.25) is 14.4 Å². The van der Waals surface area contributed by atoms with Crippen molar-refractivity contribution in [2.45, 2.75) is 25.3 Å². The topological polar surface area (TPSA) is 73.5 Å². The van der Waals surface area contributed by atoms with E-state index in [1.165, 1.54) is 4.90 Å². The van der Waals surface area contributed by atoms with Gasteiger partial charge in [0.25, 0.3) is 5.91 Å². The number of fused-ring (bicyclic) bond motifs is 1. The maximum atomic E-state index is 13.5. The molecule has 4 aromatic rings. The average molecular weight is 612 g/mol. The average Bonchev–Trinajstić information content (AvgIpc) is 3.42. The molecule has 0 saturated carbocycles. The molecule has 0 spiro atoms.